The molecule has 0 radical (unpaired) electrons. The number of hydrogen-bond acceptors (Lipinski definition) is 9. The first-order chi connectivity index (χ1) is 15.9. The lowest BCUT2D eigenvalue weighted by atomic mass is 9.73. The van der Waals surface area contributed by atoms with Crippen LogP contribution < -0.4 is 5.32 Å². The Morgan fingerprint density at radius 3 is 2.59 bits per heavy atom. The second-order valence-corrected chi connectivity index (χ2v) is 11.4. The number of hydrogen-bond donors (Lipinski definition) is 3. The average molecular weight is 495 g/mol. The molecule has 0 amide bonds. The number of aliphatic hydroxyl groups excluding tert-OH is 2. The van der Waals surface area contributed by atoms with Gasteiger partial charge in [-0.25, -0.2) is 4.98 Å². The first-order valence-electron chi connectivity index (χ1n) is 12.0. The first kappa shape index (κ1) is 26.9. The number of aliphatic hydroxyl groups is 2. The monoisotopic (exact) mass is 494 g/mol. The Bertz CT molecular complexity index is 913. The highest BCUT2D eigenvalue weighted by atomic mass is 32.1. The van der Waals surface area contributed by atoms with E-state index < -0.39 is 35.6 Å². The third kappa shape index (κ3) is 6.51. The molecule has 0 unspecified atom stereocenters. The van der Waals surface area contributed by atoms with Crippen LogP contribution in [0.5, 0.6) is 0 Å². The highest BCUT2D eigenvalue weighted by Gasteiger charge is 2.44. The molecule has 0 aromatic carbocycles. The summed E-state index contributed by atoms with van der Waals surface area (Å²) in [7, 11) is 0. The molecule has 0 saturated carbocycles. The smallest absolute Gasteiger partial charge is 0.309 e. The molecule has 3 rings (SSSR count). The molecule has 190 valence electrons. The van der Waals surface area contributed by atoms with E-state index in [0.717, 1.165) is 16.3 Å². The first-order valence-corrected chi connectivity index (χ1v) is 12.8. The van der Waals surface area contributed by atoms with Crippen LogP contribution in [0.25, 0.3) is 6.08 Å². The normalized spacial score (nSPS) is 36.0. The largest absolute Gasteiger partial charge is 0.458 e. The Hall–Kier alpha value is -1.65. The molecule has 1 aromatic rings. The van der Waals surface area contributed by atoms with E-state index in [0.29, 0.717) is 19.5 Å². The molecule has 0 spiro atoms. The van der Waals surface area contributed by atoms with Crippen LogP contribution in [-0.2, 0) is 19.1 Å². The minimum atomic E-state index is -1.24. The molecule has 8 nitrogen and oxygen atoms in total. The van der Waals surface area contributed by atoms with Gasteiger partial charge in [-0.05, 0) is 31.4 Å². The molecular weight excluding hydrogens is 456 g/mol. The van der Waals surface area contributed by atoms with E-state index in [2.05, 4.69) is 10.3 Å². The summed E-state index contributed by atoms with van der Waals surface area (Å²) in [6.07, 6.45) is -0.595. The van der Waals surface area contributed by atoms with E-state index in [1.807, 2.05) is 32.2 Å². The van der Waals surface area contributed by atoms with E-state index in [1.165, 1.54) is 0 Å². The van der Waals surface area contributed by atoms with Gasteiger partial charge in [0.2, 0.25) is 0 Å². The van der Waals surface area contributed by atoms with Crippen LogP contribution in [0, 0.1) is 24.2 Å². The molecule has 7 atom stereocenters. The Kier molecular flexibility index (Phi) is 8.68. The topological polar surface area (TPSA) is 121 Å². The van der Waals surface area contributed by atoms with Gasteiger partial charge in [-0.15, -0.1) is 11.3 Å². The number of ether oxygens (including phenoxy) is 2. The molecule has 9 heteroatoms. The Morgan fingerprint density at radius 2 is 1.94 bits per heavy atom. The average Bonchev–Trinajstić information content (AvgIpc) is 3.38. The number of ketones is 1. The molecule has 3 N–H and O–H groups in total. The number of thiazole rings is 1. The summed E-state index contributed by atoms with van der Waals surface area (Å²) in [4.78, 5) is 30.4. The number of aromatic nitrogens is 1. The van der Waals surface area contributed by atoms with Crippen molar-refractivity contribution in [3.63, 3.8) is 0 Å². The lowest BCUT2D eigenvalue weighted by Gasteiger charge is -2.34. The van der Waals surface area contributed by atoms with Gasteiger partial charge in [-0.1, -0.05) is 27.7 Å². The quantitative estimate of drug-likeness (QED) is 0.424. The molecule has 0 aliphatic carbocycles. The molecule has 2 fully saturated rings. The number of esters is 1. The van der Waals surface area contributed by atoms with Crippen molar-refractivity contribution in [3.8, 4) is 0 Å². The van der Waals surface area contributed by atoms with Gasteiger partial charge in [0.1, 0.15) is 11.9 Å². The van der Waals surface area contributed by atoms with Crippen LogP contribution in [0.2, 0.25) is 0 Å². The van der Waals surface area contributed by atoms with Crippen molar-refractivity contribution in [2.24, 2.45) is 17.3 Å². The molecule has 0 bridgehead atoms. The third-order valence-corrected chi connectivity index (χ3v) is 7.87. The molecular formula is C25H38N2O6S. The Balaban J connectivity index is 1.81. The summed E-state index contributed by atoms with van der Waals surface area (Å²) in [5.41, 5.74) is 0.441. The molecule has 2 saturated heterocycles. The van der Waals surface area contributed by atoms with Crippen LogP contribution in [0.4, 0.5) is 0 Å². The molecule has 2 aliphatic heterocycles. The van der Waals surface area contributed by atoms with Crippen molar-refractivity contribution in [1.82, 2.24) is 10.3 Å². The van der Waals surface area contributed by atoms with Crippen LogP contribution in [-0.4, -0.2) is 70.6 Å². The predicted molar refractivity (Wildman–Crippen MR) is 130 cm³/mol. The summed E-state index contributed by atoms with van der Waals surface area (Å²) >= 11 is 1.55. The maximum absolute atomic E-state index is 13.1. The number of nitrogens with one attached hydrogen (secondary N) is 1. The number of rotatable bonds is 2. The number of cyclic esters (lactones) is 1. The standard InChI is InChI=1S/C25H38N2O6S/c1-13(7-17-12-34-16(4)27-17)18-8-19-20(32-19)11-26-10-14(2)23(30)15(3)24(31)25(5,6)21(28)9-22(29)33-18/h7,12,14-15,18-21,23,26,28,30H,8-11H2,1-6H3/t14-,15+,18-,19+,20+,21-,23-/m1/s1. The molecule has 1 aromatic heterocycles. The van der Waals surface area contributed by atoms with Crippen molar-refractivity contribution in [1.29, 1.82) is 0 Å². The maximum atomic E-state index is 13.1. The van der Waals surface area contributed by atoms with E-state index in [-0.39, 0.29) is 30.3 Å². The number of epoxide rings is 1. The van der Waals surface area contributed by atoms with Gasteiger partial charge in [-0.2, -0.15) is 0 Å². The van der Waals surface area contributed by atoms with Crippen LogP contribution >= 0.6 is 11.3 Å². The van der Waals surface area contributed by atoms with Gasteiger partial charge < -0.3 is 25.0 Å². The second kappa shape index (κ2) is 11.0. The summed E-state index contributed by atoms with van der Waals surface area (Å²) in [5, 5.41) is 27.8. The van der Waals surface area contributed by atoms with E-state index in [9.17, 15) is 19.8 Å². The van der Waals surface area contributed by atoms with E-state index >= 15 is 0 Å². The SMILES string of the molecule is CC(=Cc1csc(C)n1)[C@H]1C[C@@H]2O[C@H]2CNC[C@@H](C)[C@@H](O)[C@H](C)C(=O)C(C)(C)[C@H](O)CC(=O)O1. The van der Waals surface area contributed by atoms with Crippen molar-refractivity contribution in [3.05, 3.63) is 21.7 Å². The van der Waals surface area contributed by atoms with Crippen molar-refractivity contribution in [2.75, 3.05) is 13.1 Å². The third-order valence-electron chi connectivity index (χ3n) is 7.08. The molecule has 34 heavy (non-hydrogen) atoms. The number of aryl methyl sites for hydroxylation is 1. The summed E-state index contributed by atoms with van der Waals surface area (Å²) in [6, 6.07) is 0. The minimum absolute atomic E-state index is 0.00338. The Morgan fingerprint density at radius 1 is 1.24 bits per heavy atom. The van der Waals surface area contributed by atoms with E-state index in [1.54, 1.807) is 32.1 Å². The highest BCUT2D eigenvalue weighted by Crippen LogP contribution is 2.33. The zero-order valence-corrected chi connectivity index (χ0v) is 21.7. The number of nitrogens with zero attached hydrogens (tertiary/aromatic N) is 1. The lowest BCUT2D eigenvalue weighted by molar-refractivity contribution is -0.154. The minimum Gasteiger partial charge on any atom is -0.458 e. The maximum Gasteiger partial charge on any atom is 0.309 e. The van der Waals surface area contributed by atoms with Gasteiger partial charge in [0.05, 0.1) is 47.0 Å². The van der Waals surface area contributed by atoms with E-state index in [4.69, 9.17) is 9.47 Å². The predicted octanol–water partition coefficient (Wildman–Crippen LogP) is 2.51. The fraction of sp³-hybridized carbons (Fsp3) is 0.720. The fourth-order valence-electron chi connectivity index (χ4n) is 4.47. The van der Waals surface area contributed by atoms with Gasteiger partial charge in [0, 0.05) is 30.8 Å². The second-order valence-electron chi connectivity index (χ2n) is 10.3. The lowest BCUT2D eigenvalue weighted by Crippen LogP contribution is -2.47. The van der Waals surface area contributed by atoms with Gasteiger partial charge in [0.25, 0.3) is 0 Å². The molecule has 3 heterocycles. The van der Waals surface area contributed by atoms with Crippen LogP contribution in [0.15, 0.2) is 11.0 Å². The summed E-state index contributed by atoms with van der Waals surface area (Å²) < 4.78 is 11.6. The van der Waals surface area contributed by atoms with Crippen LogP contribution in [0.3, 0.4) is 0 Å². The zero-order valence-electron chi connectivity index (χ0n) is 20.9. The van der Waals surface area contributed by atoms with Crippen molar-refractivity contribution in [2.45, 2.75) is 84.9 Å². The van der Waals surface area contributed by atoms with Crippen molar-refractivity contribution >= 4 is 29.2 Å². The van der Waals surface area contributed by atoms with Crippen LogP contribution in [0.1, 0.15) is 58.2 Å². The summed E-state index contributed by atoms with van der Waals surface area (Å²) in [5.74, 6) is -1.71. The number of carbonyl (C=O) groups is 2. The van der Waals surface area contributed by atoms with Gasteiger partial charge in [-0.3, -0.25) is 9.59 Å². The Labute approximate surface area is 205 Å². The fourth-order valence-corrected chi connectivity index (χ4v) is 5.04. The molecule has 2 aliphatic rings. The van der Waals surface area contributed by atoms with Crippen molar-refractivity contribution < 1.29 is 29.3 Å². The van der Waals surface area contributed by atoms with Gasteiger partial charge in [0.15, 0.2) is 0 Å². The zero-order chi connectivity index (χ0) is 25.2. The van der Waals surface area contributed by atoms with Gasteiger partial charge >= 0.3 is 5.97 Å². The summed E-state index contributed by atoms with van der Waals surface area (Å²) in [6.45, 7) is 11.8. The number of carbonyl (C=O) groups excluding carboxylic acids is 2. The number of Topliss-reactive ketones (excluding diaryl/α,β-unsaturated/α-hetero) is 1. The highest BCUT2D eigenvalue weighted by molar-refractivity contribution is 7.09. The number of fused-ring (bicyclic) bond motifs is 1.